The maximum atomic E-state index is 11.7. The van der Waals surface area contributed by atoms with Crippen LogP contribution in [0.15, 0.2) is 36.4 Å². The summed E-state index contributed by atoms with van der Waals surface area (Å²) in [6.07, 6.45) is 5.89. The van der Waals surface area contributed by atoms with Crippen molar-refractivity contribution in [3.8, 4) is 0 Å². The zero-order valence-corrected chi connectivity index (χ0v) is 26.9. The molecule has 0 spiro atoms. The highest BCUT2D eigenvalue weighted by Crippen LogP contribution is 2.43. The van der Waals surface area contributed by atoms with Crippen LogP contribution in [-0.2, 0) is 31.2 Å². The van der Waals surface area contributed by atoms with Crippen molar-refractivity contribution in [1.82, 2.24) is 0 Å². The fourth-order valence-electron chi connectivity index (χ4n) is 5.02. The number of aliphatic carboxylic acids is 2. The summed E-state index contributed by atoms with van der Waals surface area (Å²) in [6, 6.07) is 8.86. The highest BCUT2D eigenvalue weighted by molar-refractivity contribution is 5.87. The molecule has 2 rings (SSSR count). The Hall–Kier alpha value is -3.14. The Morgan fingerprint density at radius 3 is 1.10 bits per heavy atom. The van der Waals surface area contributed by atoms with E-state index in [1.54, 1.807) is 12.2 Å². The van der Waals surface area contributed by atoms with E-state index in [0.717, 1.165) is 33.4 Å². The molecular weight excluding hydrogens is 496 g/mol. The standard InChI is InChI=1S/C36H50O4/c1-22(27-18-23(33(2,3)4)20-29(35(8,9)10)25(27)14-16-31(37)38)28-19-24(34(5,6)7)21-30(36(11,12)13)26(28)15-17-32(39)40/h14-22H,1-13H3,(H,37,38)(H,39,40). The van der Waals surface area contributed by atoms with Gasteiger partial charge in [0.05, 0.1) is 0 Å². The molecule has 0 amide bonds. The molecule has 0 aromatic heterocycles. The summed E-state index contributed by atoms with van der Waals surface area (Å²) in [4.78, 5) is 23.3. The van der Waals surface area contributed by atoms with E-state index in [1.165, 1.54) is 23.3 Å². The first-order chi connectivity index (χ1) is 17.9. The van der Waals surface area contributed by atoms with Crippen molar-refractivity contribution >= 4 is 24.1 Å². The monoisotopic (exact) mass is 546 g/mol. The van der Waals surface area contributed by atoms with E-state index in [0.29, 0.717) is 0 Å². The predicted molar refractivity (Wildman–Crippen MR) is 169 cm³/mol. The van der Waals surface area contributed by atoms with E-state index in [1.807, 2.05) is 0 Å². The van der Waals surface area contributed by atoms with Gasteiger partial charge in [0.25, 0.3) is 0 Å². The lowest BCUT2D eigenvalue weighted by Crippen LogP contribution is -2.22. The number of carboxylic acid groups (broad SMARTS) is 2. The predicted octanol–water partition coefficient (Wildman–Crippen LogP) is 9.22. The van der Waals surface area contributed by atoms with E-state index in [4.69, 9.17) is 0 Å². The van der Waals surface area contributed by atoms with Crippen molar-refractivity contribution in [2.24, 2.45) is 0 Å². The number of carbonyl (C=O) groups is 2. The molecule has 2 aromatic rings. The summed E-state index contributed by atoms with van der Waals surface area (Å²) in [5, 5.41) is 19.1. The third-order valence-corrected chi connectivity index (χ3v) is 7.49. The Bertz CT molecular complexity index is 1220. The summed E-state index contributed by atoms with van der Waals surface area (Å²) in [7, 11) is 0. The largest absolute Gasteiger partial charge is 0.478 e. The molecule has 0 atom stereocenters. The first-order valence-corrected chi connectivity index (χ1v) is 14.1. The summed E-state index contributed by atoms with van der Waals surface area (Å²) >= 11 is 0. The van der Waals surface area contributed by atoms with Crippen LogP contribution in [0.2, 0.25) is 0 Å². The average molecular weight is 547 g/mol. The van der Waals surface area contributed by atoms with Gasteiger partial charge in [-0.3, -0.25) is 0 Å². The van der Waals surface area contributed by atoms with E-state index in [2.05, 4.69) is 114 Å². The molecule has 2 aromatic carbocycles. The number of hydrogen-bond acceptors (Lipinski definition) is 2. The third kappa shape index (κ3) is 7.96. The van der Waals surface area contributed by atoms with E-state index < -0.39 is 11.9 Å². The van der Waals surface area contributed by atoms with Gasteiger partial charge >= 0.3 is 11.9 Å². The fourth-order valence-corrected chi connectivity index (χ4v) is 5.02. The average Bonchev–Trinajstić information content (AvgIpc) is 2.77. The summed E-state index contributed by atoms with van der Waals surface area (Å²) in [5.41, 5.74) is 7.69. The van der Waals surface area contributed by atoms with Gasteiger partial charge < -0.3 is 10.2 Å². The molecule has 4 nitrogen and oxygen atoms in total. The van der Waals surface area contributed by atoms with E-state index in [9.17, 15) is 19.8 Å². The third-order valence-electron chi connectivity index (χ3n) is 7.49. The first-order valence-electron chi connectivity index (χ1n) is 14.1. The van der Waals surface area contributed by atoms with Crippen LogP contribution >= 0.6 is 0 Å². The molecule has 2 N–H and O–H groups in total. The normalized spacial score (nSPS) is 14.2. The fraction of sp³-hybridized carbons (Fsp3) is 0.500. The highest BCUT2D eigenvalue weighted by atomic mass is 16.4. The van der Waals surface area contributed by atoms with Crippen LogP contribution in [-0.4, -0.2) is 22.2 Å². The van der Waals surface area contributed by atoms with Crippen LogP contribution in [0.1, 0.15) is 140 Å². The number of rotatable bonds is 6. The van der Waals surface area contributed by atoms with Gasteiger partial charge in [-0.2, -0.15) is 0 Å². The van der Waals surface area contributed by atoms with Gasteiger partial charge in [0.15, 0.2) is 0 Å². The molecule has 0 heterocycles. The molecule has 0 radical (unpaired) electrons. The summed E-state index contributed by atoms with van der Waals surface area (Å²) < 4.78 is 0. The molecule has 218 valence electrons. The minimum atomic E-state index is -0.992. The molecular formula is C36H50O4. The van der Waals surface area contributed by atoms with Crippen molar-refractivity contribution in [3.05, 3.63) is 80.9 Å². The highest BCUT2D eigenvalue weighted by Gasteiger charge is 2.30. The van der Waals surface area contributed by atoms with Crippen LogP contribution < -0.4 is 0 Å². The Balaban J connectivity index is 3.18. The van der Waals surface area contributed by atoms with Crippen molar-refractivity contribution in [3.63, 3.8) is 0 Å². The maximum Gasteiger partial charge on any atom is 0.328 e. The quantitative estimate of drug-likeness (QED) is 0.354. The van der Waals surface area contributed by atoms with Crippen LogP contribution in [0.3, 0.4) is 0 Å². The summed E-state index contributed by atoms with van der Waals surface area (Å²) in [6.45, 7) is 28.2. The molecule has 0 fully saturated rings. The lowest BCUT2D eigenvalue weighted by Gasteiger charge is -2.33. The molecule has 0 unspecified atom stereocenters. The van der Waals surface area contributed by atoms with Crippen LogP contribution in [0, 0.1) is 0 Å². The number of hydrogen-bond donors (Lipinski definition) is 2. The van der Waals surface area contributed by atoms with Crippen molar-refractivity contribution < 1.29 is 19.8 Å². The molecule has 0 aliphatic heterocycles. The molecule has 0 bridgehead atoms. The van der Waals surface area contributed by atoms with E-state index >= 15 is 0 Å². The second kappa shape index (κ2) is 11.4. The lowest BCUT2D eigenvalue weighted by atomic mass is 9.71. The molecule has 0 aliphatic rings. The zero-order chi connectivity index (χ0) is 31.0. The Morgan fingerprint density at radius 2 is 0.875 bits per heavy atom. The van der Waals surface area contributed by atoms with Gasteiger partial charge in [-0.15, -0.1) is 0 Å². The van der Waals surface area contributed by atoms with Gasteiger partial charge in [0, 0.05) is 18.1 Å². The van der Waals surface area contributed by atoms with Crippen molar-refractivity contribution in [2.45, 2.75) is 118 Å². The molecule has 4 heteroatoms. The minimum absolute atomic E-state index is 0.126. The Morgan fingerprint density at radius 1 is 0.575 bits per heavy atom. The zero-order valence-electron chi connectivity index (χ0n) is 26.9. The van der Waals surface area contributed by atoms with Gasteiger partial charge in [-0.1, -0.05) is 114 Å². The number of carboxylic acids is 2. The van der Waals surface area contributed by atoms with Gasteiger partial charge in [0.1, 0.15) is 0 Å². The van der Waals surface area contributed by atoms with Gasteiger partial charge in [-0.05, 0) is 78.3 Å². The summed E-state index contributed by atoms with van der Waals surface area (Å²) in [5.74, 6) is -2.13. The number of benzene rings is 2. The second-order valence-electron chi connectivity index (χ2n) is 15.1. The first kappa shape index (κ1) is 33.1. The molecule has 40 heavy (non-hydrogen) atoms. The van der Waals surface area contributed by atoms with Crippen molar-refractivity contribution in [2.75, 3.05) is 0 Å². The lowest BCUT2D eigenvalue weighted by molar-refractivity contribution is -0.132. The Labute approximate surface area is 242 Å². The van der Waals surface area contributed by atoms with Crippen LogP contribution in [0.5, 0.6) is 0 Å². The second-order valence-corrected chi connectivity index (χ2v) is 15.1. The molecule has 0 aliphatic carbocycles. The molecule has 0 saturated heterocycles. The van der Waals surface area contributed by atoms with Gasteiger partial charge in [-0.25, -0.2) is 9.59 Å². The maximum absolute atomic E-state index is 11.7. The smallest absolute Gasteiger partial charge is 0.328 e. The van der Waals surface area contributed by atoms with Crippen LogP contribution in [0.25, 0.3) is 12.2 Å². The van der Waals surface area contributed by atoms with E-state index in [-0.39, 0.29) is 27.6 Å². The van der Waals surface area contributed by atoms with Crippen molar-refractivity contribution in [1.29, 1.82) is 0 Å². The topological polar surface area (TPSA) is 74.6 Å². The minimum Gasteiger partial charge on any atom is -0.478 e. The Kier molecular flexibility index (Phi) is 9.41. The molecule has 0 saturated carbocycles. The van der Waals surface area contributed by atoms with Crippen LogP contribution in [0.4, 0.5) is 0 Å². The SMILES string of the molecule is CC(c1cc(C(C)(C)C)cc(C(C)(C)C)c1C=CC(=O)O)c1cc(C(C)(C)C)cc(C(C)(C)C)c1C=CC(=O)O. The van der Waals surface area contributed by atoms with Gasteiger partial charge in [0.2, 0.25) is 0 Å².